The highest BCUT2D eigenvalue weighted by Gasteiger charge is 2.21. The van der Waals surface area contributed by atoms with Gasteiger partial charge in [-0.05, 0) is 6.92 Å². The van der Waals surface area contributed by atoms with Crippen molar-refractivity contribution < 1.29 is 4.79 Å². The van der Waals surface area contributed by atoms with Gasteiger partial charge in [0.2, 0.25) is 5.91 Å². The van der Waals surface area contributed by atoms with Crippen LogP contribution in [-0.2, 0) is 11.3 Å². The molecule has 0 saturated carbocycles. The normalized spacial score (nSPS) is 19.9. The van der Waals surface area contributed by atoms with Crippen LogP contribution in [0.5, 0.6) is 0 Å². The Morgan fingerprint density at radius 3 is 3.31 bits per heavy atom. The Labute approximate surface area is 99.0 Å². The molecule has 0 bridgehead atoms. The van der Waals surface area contributed by atoms with Gasteiger partial charge in [0, 0.05) is 37.1 Å². The molecule has 16 heavy (non-hydrogen) atoms. The van der Waals surface area contributed by atoms with Gasteiger partial charge in [0.05, 0.1) is 6.04 Å². The van der Waals surface area contributed by atoms with E-state index in [-0.39, 0.29) is 11.9 Å². The van der Waals surface area contributed by atoms with Crippen LogP contribution in [0.2, 0.25) is 0 Å². The molecule has 0 aliphatic carbocycles. The summed E-state index contributed by atoms with van der Waals surface area (Å²) < 4.78 is 2.02. The minimum atomic E-state index is -0.0196. The highest BCUT2D eigenvalue weighted by atomic mass is 32.2. The van der Waals surface area contributed by atoms with E-state index in [9.17, 15) is 4.79 Å². The number of aryl methyl sites for hydroxylation is 1. The molecule has 88 valence electrons. The third kappa shape index (κ3) is 2.76. The molecule has 1 amide bonds. The number of carbonyl (C=O) groups excluding carboxylic acids is 1. The summed E-state index contributed by atoms with van der Waals surface area (Å²) in [5.41, 5.74) is 0. The van der Waals surface area contributed by atoms with Crippen LogP contribution in [0.25, 0.3) is 0 Å². The van der Waals surface area contributed by atoms with Gasteiger partial charge in [-0.2, -0.15) is 0 Å². The van der Waals surface area contributed by atoms with Crippen LogP contribution >= 0.6 is 11.8 Å². The van der Waals surface area contributed by atoms with Crippen LogP contribution in [0.4, 0.5) is 0 Å². The summed E-state index contributed by atoms with van der Waals surface area (Å²) >= 11 is 1.76. The van der Waals surface area contributed by atoms with Crippen molar-refractivity contribution in [3.63, 3.8) is 0 Å². The average molecular weight is 240 g/mol. The number of aromatic nitrogens is 2. The number of rotatable bonds is 4. The van der Waals surface area contributed by atoms with E-state index in [4.69, 9.17) is 0 Å². The second kappa shape index (κ2) is 5.36. The van der Waals surface area contributed by atoms with Crippen molar-refractivity contribution in [2.24, 2.45) is 0 Å². The molecule has 1 saturated heterocycles. The molecule has 2 heterocycles. The van der Waals surface area contributed by atoms with Gasteiger partial charge in [-0.1, -0.05) is 0 Å². The highest BCUT2D eigenvalue weighted by Crippen LogP contribution is 2.09. The first kappa shape index (κ1) is 11.5. The summed E-state index contributed by atoms with van der Waals surface area (Å²) in [4.78, 5) is 15.8. The van der Waals surface area contributed by atoms with Crippen molar-refractivity contribution in [1.82, 2.24) is 20.2 Å². The van der Waals surface area contributed by atoms with Gasteiger partial charge in [0.1, 0.15) is 5.82 Å². The second-order valence-corrected chi connectivity index (χ2v) is 4.76. The summed E-state index contributed by atoms with van der Waals surface area (Å²) in [6, 6.07) is -0.0196. The number of hydrogen-bond donors (Lipinski definition) is 2. The molecule has 1 unspecified atom stereocenters. The number of nitrogens with zero attached hydrogens (tertiary/aromatic N) is 2. The van der Waals surface area contributed by atoms with Gasteiger partial charge in [-0.15, -0.1) is 11.8 Å². The van der Waals surface area contributed by atoms with Crippen LogP contribution < -0.4 is 10.6 Å². The molecule has 0 radical (unpaired) electrons. The number of imidazole rings is 1. The van der Waals surface area contributed by atoms with Crippen LogP contribution in [-0.4, -0.2) is 39.7 Å². The van der Waals surface area contributed by atoms with E-state index in [0.29, 0.717) is 6.54 Å². The summed E-state index contributed by atoms with van der Waals surface area (Å²) in [6.07, 6.45) is 3.69. The first-order chi connectivity index (χ1) is 7.77. The van der Waals surface area contributed by atoms with Crippen molar-refractivity contribution >= 4 is 17.7 Å². The average Bonchev–Trinajstić information content (AvgIpc) is 2.90. The van der Waals surface area contributed by atoms with Crippen LogP contribution in [0.3, 0.4) is 0 Å². The van der Waals surface area contributed by atoms with Crippen molar-refractivity contribution in [2.75, 3.05) is 18.2 Å². The zero-order valence-electron chi connectivity index (χ0n) is 9.27. The standard InChI is InChI=1S/C10H16N4OS/c1-8-11-2-4-14(8)5-3-12-10(15)9-6-16-7-13-9/h2,4,9,13H,3,5-7H2,1H3,(H,12,15). The third-order valence-electron chi connectivity index (χ3n) is 2.61. The van der Waals surface area contributed by atoms with Crippen molar-refractivity contribution in [1.29, 1.82) is 0 Å². The third-order valence-corrected chi connectivity index (χ3v) is 3.55. The van der Waals surface area contributed by atoms with Crippen molar-refractivity contribution in [2.45, 2.75) is 19.5 Å². The van der Waals surface area contributed by atoms with Gasteiger partial charge < -0.3 is 9.88 Å². The molecule has 1 atom stereocenters. The van der Waals surface area contributed by atoms with Gasteiger partial charge in [-0.25, -0.2) is 4.98 Å². The first-order valence-electron chi connectivity index (χ1n) is 5.34. The van der Waals surface area contributed by atoms with Gasteiger partial charge in [0.25, 0.3) is 0 Å². The molecule has 1 fully saturated rings. The number of carbonyl (C=O) groups is 1. The molecule has 1 aromatic heterocycles. The summed E-state index contributed by atoms with van der Waals surface area (Å²) in [7, 11) is 0. The summed E-state index contributed by atoms with van der Waals surface area (Å²) in [5.74, 6) is 2.82. The topological polar surface area (TPSA) is 59.0 Å². The fourth-order valence-electron chi connectivity index (χ4n) is 1.63. The van der Waals surface area contributed by atoms with E-state index in [1.165, 1.54) is 0 Å². The lowest BCUT2D eigenvalue weighted by atomic mass is 10.3. The SMILES string of the molecule is Cc1nccn1CCNC(=O)C1CSCN1. The van der Waals surface area contributed by atoms with Crippen LogP contribution in [0.15, 0.2) is 12.4 Å². The van der Waals surface area contributed by atoms with Crippen molar-refractivity contribution in [3.05, 3.63) is 18.2 Å². The van der Waals surface area contributed by atoms with Gasteiger partial charge in [0.15, 0.2) is 0 Å². The maximum absolute atomic E-state index is 11.6. The molecule has 1 aromatic rings. The number of hydrogen-bond acceptors (Lipinski definition) is 4. The Hall–Kier alpha value is -1.01. The lowest BCUT2D eigenvalue weighted by Gasteiger charge is -2.11. The maximum Gasteiger partial charge on any atom is 0.238 e. The van der Waals surface area contributed by atoms with Gasteiger partial charge in [-0.3, -0.25) is 10.1 Å². The molecular formula is C10H16N4OS. The molecule has 1 aliphatic rings. The fourth-order valence-corrected chi connectivity index (χ4v) is 2.57. The molecular weight excluding hydrogens is 224 g/mol. The van der Waals surface area contributed by atoms with Crippen LogP contribution in [0.1, 0.15) is 5.82 Å². The first-order valence-corrected chi connectivity index (χ1v) is 6.49. The lowest BCUT2D eigenvalue weighted by Crippen LogP contribution is -2.43. The summed E-state index contributed by atoms with van der Waals surface area (Å²) in [5, 5.41) is 6.07. The monoisotopic (exact) mass is 240 g/mol. The maximum atomic E-state index is 11.6. The number of thioether (sulfide) groups is 1. The smallest absolute Gasteiger partial charge is 0.238 e. The van der Waals surface area contributed by atoms with E-state index in [1.54, 1.807) is 18.0 Å². The zero-order chi connectivity index (χ0) is 11.4. The number of amides is 1. The highest BCUT2D eigenvalue weighted by molar-refractivity contribution is 7.99. The Morgan fingerprint density at radius 1 is 1.81 bits per heavy atom. The minimum absolute atomic E-state index is 0.0196. The molecule has 2 N–H and O–H groups in total. The Balaban J connectivity index is 1.71. The summed E-state index contributed by atoms with van der Waals surface area (Å²) in [6.45, 7) is 3.38. The molecule has 0 spiro atoms. The number of nitrogens with one attached hydrogen (secondary N) is 2. The van der Waals surface area contributed by atoms with E-state index < -0.39 is 0 Å². The predicted octanol–water partition coefficient (Wildman–Crippen LogP) is -0.0298. The zero-order valence-corrected chi connectivity index (χ0v) is 10.1. The Bertz CT molecular complexity index is 359. The van der Waals surface area contributed by atoms with Gasteiger partial charge >= 0.3 is 0 Å². The van der Waals surface area contributed by atoms with E-state index in [1.807, 2.05) is 17.7 Å². The minimum Gasteiger partial charge on any atom is -0.353 e. The Morgan fingerprint density at radius 2 is 2.69 bits per heavy atom. The fraction of sp³-hybridized carbons (Fsp3) is 0.600. The van der Waals surface area contributed by atoms with Crippen molar-refractivity contribution in [3.8, 4) is 0 Å². The molecule has 2 rings (SSSR count). The lowest BCUT2D eigenvalue weighted by molar-refractivity contribution is -0.122. The predicted molar refractivity (Wildman–Crippen MR) is 64.2 cm³/mol. The van der Waals surface area contributed by atoms with Crippen LogP contribution in [0, 0.1) is 6.92 Å². The second-order valence-electron chi connectivity index (χ2n) is 3.73. The van der Waals surface area contributed by atoms with E-state index in [0.717, 1.165) is 24.0 Å². The molecule has 0 aromatic carbocycles. The van der Waals surface area contributed by atoms with E-state index >= 15 is 0 Å². The quantitative estimate of drug-likeness (QED) is 0.776. The molecule has 1 aliphatic heterocycles. The van der Waals surface area contributed by atoms with E-state index in [2.05, 4.69) is 15.6 Å². The molecule has 5 nitrogen and oxygen atoms in total. The molecule has 6 heteroatoms. The Kier molecular flexibility index (Phi) is 3.84. The largest absolute Gasteiger partial charge is 0.353 e.